The summed E-state index contributed by atoms with van der Waals surface area (Å²) in [4.78, 5) is 12.1. The number of benzene rings is 2. The number of hydrogen-bond acceptors (Lipinski definition) is 4. The molecule has 5 nitrogen and oxygen atoms in total. The second-order valence-corrected chi connectivity index (χ2v) is 9.59. The lowest BCUT2D eigenvalue weighted by atomic mass is 9.96. The minimum atomic E-state index is -0.332. The fraction of sp³-hybridized carbons (Fsp3) is 0.536. The summed E-state index contributed by atoms with van der Waals surface area (Å²) in [6.45, 7) is 7.40. The van der Waals surface area contributed by atoms with Gasteiger partial charge in [0.25, 0.3) is 0 Å². The van der Waals surface area contributed by atoms with Crippen LogP contribution < -0.4 is 16.4 Å². The first kappa shape index (κ1) is 33.2. The molecule has 0 heterocycles. The summed E-state index contributed by atoms with van der Waals surface area (Å²) in [5, 5.41) is 17.0. The third-order valence-electron chi connectivity index (χ3n) is 6.08. The molecule has 2 rings (SSSR count). The number of amides is 1. The molecule has 3 atom stereocenters. The van der Waals surface area contributed by atoms with Crippen LogP contribution in [0.15, 0.2) is 54.6 Å². The standard InChI is InChI=1S/C28H43N3O2.2ClH/c1-4-5-11-27(28(29)33)31-25(19-23-13-16-26(32)17-14-23)20-30-24(18-21(2)3)15-12-22-9-7-6-8-10-22;;/h6-10,13-14,16-17,21,24-25,27,30-32H,4-5,11-12,15,18-20H2,1-3H3,(H2,29,33);2*1H/t24-,25+,27+;;/m1../s1. The molecule has 0 radical (unpaired) electrons. The number of nitrogens with two attached hydrogens (primary N) is 1. The molecule has 1 amide bonds. The van der Waals surface area contributed by atoms with Crippen molar-refractivity contribution in [3.05, 3.63) is 65.7 Å². The van der Waals surface area contributed by atoms with Crippen molar-refractivity contribution in [1.82, 2.24) is 10.6 Å². The van der Waals surface area contributed by atoms with Crippen molar-refractivity contribution in [2.24, 2.45) is 11.7 Å². The number of aromatic hydroxyl groups is 1. The molecule has 35 heavy (non-hydrogen) atoms. The maximum atomic E-state index is 12.1. The topological polar surface area (TPSA) is 87.4 Å². The molecule has 2 aromatic carbocycles. The van der Waals surface area contributed by atoms with Gasteiger partial charge in [-0.25, -0.2) is 0 Å². The monoisotopic (exact) mass is 525 g/mol. The highest BCUT2D eigenvalue weighted by Crippen LogP contribution is 2.15. The first-order chi connectivity index (χ1) is 15.9. The SMILES string of the molecule is CCCC[C@H](N[C@H](CN[C@H](CCc1ccccc1)CC(C)C)Cc1ccc(O)cc1)C(N)=O.Cl.Cl. The van der Waals surface area contributed by atoms with Crippen LogP contribution in [0.3, 0.4) is 0 Å². The van der Waals surface area contributed by atoms with E-state index < -0.39 is 0 Å². The van der Waals surface area contributed by atoms with Gasteiger partial charge in [-0.3, -0.25) is 4.79 Å². The number of nitrogens with one attached hydrogen (secondary N) is 2. The van der Waals surface area contributed by atoms with Gasteiger partial charge in [-0.05, 0) is 61.3 Å². The van der Waals surface area contributed by atoms with Crippen LogP contribution in [0.1, 0.15) is 64.0 Å². The van der Waals surface area contributed by atoms with Crippen molar-refractivity contribution in [2.45, 2.75) is 83.8 Å². The van der Waals surface area contributed by atoms with Crippen LogP contribution in [0.2, 0.25) is 0 Å². The third kappa shape index (κ3) is 13.8. The normalized spacial score (nSPS) is 13.4. The molecule has 0 aromatic heterocycles. The van der Waals surface area contributed by atoms with Crippen LogP contribution in [0.5, 0.6) is 5.75 Å². The number of aryl methyl sites for hydroxylation is 1. The Hall–Kier alpha value is -1.79. The van der Waals surface area contributed by atoms with E-state index in [2.05, 4.69) is 61.7 Å². The zero-order valence-corrected chi connectivity index (χ0v) is 23.0. The van der Waals surface area contributed by atoms with Gasteiger partial charge in [0.1, 0.15) is 5.75 Å². The molecule has 0 aliphatic carbocycles. The second-order valence-electron chi connectivity index (χ2n) is 9.59. The number of halogens is 2. The van der Waals surface area contributed by atoms with Gasteiger partial charge in [-0.1, -0.05) is 76.1 Å². The number of hydrogen-bond donors (Lipinski definition) is 4. The second kappa shape index (κ2) is 18.5. The molecule has 0 aliphatic heterocycles. The summed E-state index contributed by atoms with van der Waals surface area (Å²) in [6, 6.07) is 18.1. The maximum Gasteiger partial charge on any atom is 0.234 e. The van der Waals surface area contributed by atoms with E-state index in [1.807, 2.05) is 12.1 Å². The number of carbonyl (C=O) groups excluding carboxylic acids is 1. The van der Waals surface area contributed by atoms with Crippen LogP contribution in [0, 0.1) is 5.92 Å². The Labute approximate surface area is 224 Å². The van der Waals surface area contributed by atoms with Crippen molar-refractivity contribution < 1.29 is 9.90 Å². The Morgan fingerprint density at radius 2 is 1.60 bits per heavy atom. The molecular weight excluding hydrogens is 481 g/mol. The minimum Gasteiger partial charge on any atom is -0.508 e. The van der Waals surface area contributed by atoms with E-state index >= 15 is 0 Å². The highest BCUT2D eigenvalue weighted by molar-refractivity contribution is 5.85. The molecule has 198 valence electrons. The summed E-state index contributed by atoms with van der Waals surface area (Å²) in [6.07, 6.45) is 6.73. The number of phenolic OH excluding ortho intramolecular Hbond substituents is 1. The molecule has 2 aromatic rings. The van der Waals surface area contributed by atoms with Gasteiger partial charge in [0.05, 0.1) is 6.04 Å². The molecule has 0 saturated carbocycles. The van der Waals surface area contributed by atoms with Crippen LogP contribution in [-0.2, 0) is 17.6 Å². The molecule has 0 bridgehead atoms. The summed E-state index contributed by atoms with van der Waals surface area (Å²) in [5.41, 5.74) is 8.20. The van der Waals surface area contributed by atoms with Crippen LogP contribution >= 0.6 is 24.8 Å². The lowest BCUT2D eigenvalue weighted by Gasteiger charge is -2.28. The van der Waals surface area contributed by atoms with Gasteiger partial charge >= 0.3 is 0 Å². The molecule has 0 fully saturated rings. The predicted molar refractivity (Wildman–Crippen MR) is 152 cm³/mol. The summed E-state index contributed by atoms with van der Waals surface area (Å²) in [7, 11) is 0. The average molecular weight is 527 g/mol. The minimum absolute atomic E-state index is 0. The van der Waals surface area contributed by atoms with E-state index in [1.165, 1.54) is 5.56 Å². The first-order valence-corrected chi connectivity index (χ1v) is 12.5. The van der Waals surface area contributed by atoms with E-state index in [0.29, 0.717) is 12.0 Å². The predicted octanol–water partition coefficient (Wildman–Crippen LogP) is 5.42. The fourth-order valence-corrected chi connectivity index (χ4v) is 4.27. The number of phenols is 1. The van der Waals surface area contributed by atoms with Crippen molar-refractivity contribution in [1.29, 1.82) is 0 Å². The van der Waals surface area contributed by atoms with E-state index in [0.717, 1.165) is 57.1 Å². The maximum absolute atomic E-state index is 12.1. The molecule has 0 unspecified atom stereocenters. The van der Waals surface area contributed by atoms with Gasteiger partial charge in [0.2, 0.25) is 5.91 Å². The van der Waals surface area contributed by atoms with E-state index in [9.17, 15) is 9.90 Å². The van der Waals surface area contributed by atoms with Crippen LogP contribution in [0.25, 0.3) is 0 Å². The lowest BCUT2D eigenvalue weighted by Crippen LogP contribution is -2.52. The number of primary amides is 1. The zero-order chi connectivity index (χ0) is 24.1. The first-order valence-electron chi connectivity index (χ1n) is 12.5. The average Bonchev–Trinajstić information content (AvgIpc) is 2.79. The molecule has 0 spiro atoms. The molecule has 7 heteroatoms. The summed E-state index contributed by atoms with van der Waals surface area (Å²) >= 11 is 0. The Kier molecular flexibility index (Phi) is 17.5. The largest absolute Gasteiger partial charge is 0.508 e. The summed E-state index contributed by atoms with van der Waals surface area (Å²) < 4.78 is 0. The highest BCUT2D eigenvalue weighted by atomic mass is 35.5. The van der Waals surface area contributed by atoms with Crippen molar-refractivity contribution in [3.8, 4) is 5.75 Å². The number of rotatable bonds is 16. The third-order valence-corrected chi connectivity index (χ3v) is 6.08. The van der Waals surface area contributed by atoms with Gasteiger partial charge in [-0.2, -0.15) is 0 Å². The van der Waals surface area contributed by atoms with Gasteiger partial charge in [0.15, 0.2) is 0 Å². The van der Waals surface area contributed by atoms with Crippen LogP contribution in [-0.4, -0.2) is 35.7 Å². The lowest BCUT2D eigenvalue weighted by molar-refractivity contribution is -0.120. The van der Waals surface area contributed by atoms with Gasteiger partial charge in [-0.15, -0.1) is 24.8 Å². The van der Waals surface area contributed by atoms with Crippen molar-refractivity contribution in [3.63, 3.8) is 0 Å². The number of unbranched alkanes of at least 4 members (excludes halogenated alkanes) is 1. The van der Waals surface area contributed by atoms with E-state index in [-0.39, 0.29) is 48.6 Å². The van der Waals surface area contributed by atoms with Gasteiger partial charge < -0.3 is 21.5 Å². The Morgan fingerprint density at radius 1 is 0.943 bits per heavy atom. The van der Waals surface area contributed by atoms with E-state index in [4.69, 9.17) is 5.73 Å². The summed E-state index contributed by atoms with van der Waals surface area (Å²) in [5.74, 6) is 0.573. The number of carbonyl (C=O) groups is 1. The van der Waals surface area contributed by atoms with Crippen molar-refractivity contribution >= 4 is 30.7 Å². The van der Waals surface area contributed by atoms with Crippen molar-refractivity contribution in [2.75, 3.05) is 6.54 Å². The fourth-order valence-electron chi connectivity index (χ4n) is 4.27. The Morgan fingerprint density at radius 3 is 2.17 bits per heavy atom. The molecule has 0 aliphatic rings. The van der Waals surface area contributed by atoms with Crippen LogP contribution in [0.4, 0.5) is 0 Å². The Balaban J connectivity index is 0.00000578. The molecular formula is C28H45Cl2N3O2. The Bertz CT molecular complexity index is 804. The quantitative estimate of drug-likeness (QED) is 0.235. The smallest absolute Gasteiger partial charge is 0.234 e. The molecule has 5 N–H and O–H groups in total. The van der Waals surface area contributed by atoms with E-state index in [1.54, 1.807) is 12.1 Å². The zero-order valence-electron chi connectivity index (χ0n) is 21.4. The molecule has 0 saturated heterocycles. The van der Waals surface area contributed by atoms with Gasteiger partial charge in [0, 0.05) is 18.6 Å². The highest BCUT2D eigenvalue weighted by Gasteiger charge is 2.21.